The molecule has 0 bridgehead atoms. The van der Waals surface area contributed by atoms with Crippen molar-refractivity contribution in [3.05, 3.63) is 0 Å². The molecule has 3 N–H and O–H groups in total. The van der Waals surface area contributed by atoms with Crippen LogP contribution in [-0.4, -0.2) is 42.7 Å². The lowest BCUT2D eigenvalue weighted by Gasteiger charge is -2.33. The molecule has 0 radical (unpaired) electrons. The summed E-state index contributed by atoms with van der Waals surface area (Å²) in [5.41, 5.74) is 5.71. The topological polar surface area (TPSA) is 68.0 Å². The highest BCUT2D eigenvalue weighted by Crippen LogP contribution is 2.22. The molecule has 0 aromatic carbocycles. The Morgan fingerprint density at radius 1 is 1.36 bits per heavy atom. The molecule has 2 heterocycles. The Morgan fingerprint density at radius 2 is 2.00 bits per heavy atom. The Kier molecular flexibility index (Phi) is 1.85. The minimum Gasteiger partial charge on any atom is -0.389 e. The third-order valence-electron chi connectivity index (χ3n) is 2.30. The summed E-state index contributed by atoms with van der Waals surface area (Å²) in [4.78, 5) is 0. The number of hydrogen-bond donors (Lipinski definition) is 2. The maximum absolute atomic E-state index is 9.46. The van der Waals surface area contributed by atoms with Gasteiger partial charge in [-0.15, -0.1) is 0 Å². The van der Waals surface area contributed by atoms with Gasteiger partial charge in [0, 0.05) is 6.61 Å². The first kappa shape index (κ1) is 7.49. The summed E-state index contributed by atoms with van der Waals surface area (Å²) in [5, 5.41) is 9.46. The van der Waals surface area contributed by atoms with Crippen molar-refractivity contribution in [2.24, 2.45) is 5.73 Å². The summed E-state index contributed by atoms with van der Waals surface area (Å²) < 4.78 is 10.1. The summed E-state index contributed by atoms with van der Waals surface area (Å²) in [6.45, 7) is 1.41. The molecular weight excluding hydrogens is 146 g/mol. The predicted octanol–water partition coefficient (Wildman–Crippen LogP) is -1.14. The van der Waals surface area contributed by atoms with E-state index in [1.54, 1.807) is 0 Å². The highest BCUT2D eigenvalue weighted by atomic mass is 16.6. The van der Waals surface area contributed by atoms with Crippen molar-refractivity contribution in [3.8, 4) is 0 Å². The lowest BCUT2D eigenvalue weighted by atomic mass is 9.98. The van der Waals surface area contributed by atoms with E-state index in [1.807, 2.05) is 0 Å². The van der Waals surface area contributed by atoms with Gasteiger partial charge in [-0.25, -0.2) is 0 Å². The number of epoxide rings is 1. The number of rotatable bonds is 3. The second-order valence-corrected chi connectivity index (χ2v) is 3.14. The molecule has 0 spiro atoms. The van der Waals surface area contributed by atoms with Gasteiger partial charge in [-0.3, -0.25) is 0 Å². The van der Waals surface area contributed by atoms with Gasteiger partial charge in [-0.05, 0) is 6.42 Å². The van der Waals surface area contributed by atoms with Crippen LogP contribution in [0.3, 0.4) is 0 Å². The number of aliphatic hydroxyl groups is 1. The van der Waals surface area contributed by atoms with E-state index >= 15 is 0 Å². The van der Waals surface area contributed by atoms with E-state index in [9.17, 15) is 5.11 Å². The van der Waals surface area contributed by atoms with Gasteiger partial charge < -0.3 is 20.3 Å². The molecule has 11 heavy (non-hydrogen) atoms. The average Bonchev–Trinajstić information content (AvgIpc) is 2.62. The molecule has 0 amide bonds. The van der Waals surface area contributed by atoms with E-state index in [1.165, 1.54) is 0 Å². The number of ether oxygens (including phenoxy) is 2. The first-order valence-corrected chi connectivity index (χ1v) is 3.96. The zero-order chi connectivity index (χ0) is 7.84. The van der Waals surface area contributed by atoms with Crippen LogP contribution in [0.1, 0.15) is 6.42 Å². The van der Waals surface area contributed by atoms with E-state index in [4.69, 9.17) is 15.2 Å². The average molecular weight is 159 g/mol. The zero-order valence-electron chi connectivity index (χ0n) is 6.27. The highest BCUT2D eigenvalue weighted by Gasteiger charge is 2.40. The van der Waals surface area contributed by atoms with E-state index in [-0.39, 0.29) is 18.2 Å². The molecule has 4 heteroatoms. The van der Waals surface area contributed by atoms with Crippen LogP contribution < -0.4 is 5.73 Å². The highest BCUT2D eigenvalue weighted by molar-refractivity contribution is 4.92. The van der Waals surface area contributed by atoms with Gasteiger partial charge in [-0.1, -0.05) is 0 Å². The molecular formula is C7H13NO3. The Hall–Kier alpha value is -0.160. The Bertz CT molecular complexity index is 145. The molecule has 64 valence electrons. The van der Waals surface area contributed by atoms with Crippen molar-refractivity contribution in [1.82, 2.24) is 0 Å². The minimum absolute atomic E-state index is 0.0331. The molecule has 0 aromatic rings. The van der Waals surface area contributed by atoms with Crippen molar-refractivity contribution >= 4 is 0 Å². The van der Waals surface area contributed by atoms with Crippen LogP contribution in [0.5, 0.6) is 0 Å². The van der Waals surface area contributed by atoms with Crippen LogP contribution in [0.15, 0.2) is 0 Å². The van der Waals surface area contributed by atoms with Gasteiger partial charge in [0.2, 0.25) is 0 Å². The lowest BCUT2D eigenvalue weighted by molar-refractivity contribution is -0.0895. The largest absolute Gasteiger partial charge is 0.389 e. The molecule has 2 fully saturated rings. The molecule has 0 aliphatic carbocycles. The van der Waals surface area contributed by atoms with Gasteiger partial charge in [0.15, 0.2) is 0 Å². The smallest absolute Gasteiger partial charge is 0.108 e. The molecule has 4 atom stereocenters. The van der Waals surface area contributed by atoms with Crippen LogP contribution in [0.25, 0.3) is 0 Å². The summed E-state index contributed by atoms with van der Waals surface area (Å²) in [6.07, 6.45) is 0.439. The second-order valence-electron chi connectivity index (χ2n) is 3.14. The van der Waals surface area contributed by atoms with Gasteiger partial charge in [-0.2, -0.15) is 0 Å². The SMILES string of the molecule is NC(C1CCO1)C(O)C1CO1. The quantitative estimate of drug-likeness (QED) is 0.511. The van der Waals surface area contributed by atoms with Crippen LogP contribution in [0, 0.1) is 0 Å². The zero-order valence-corrected chi connectivity index (χ0v) is 6.27. The fourth-order valence-electron chi connectivity index (χ4n) is 1.28. The maximum atomic E-state index is 9.46. The lowest BCUT2D eigenvalue weighted by Crippen LogP contribution is -2.52. The van der Waals surface area contributed by atoms with Crippen LogP contribution in [0.2, 0.25) is 0 Å². The van der Waals surface area contributed by atoms with Gasteiger partial charge in [0.05, 0.1) is 24.9 Å². The summed E-state index contributed by atoms with van der Waals surface area (Å²) in [6, 6.07) is -0.267. The Balaban J connectivity index is 1.81. The summed E-state index contributed by atoms with van der Waals surface area (Å²) in [7, 11) is 0. The summed E-state index contributed by atoms with van der Waals surface area (Å²) >= 11 is 0. The molecule has 2 aliphatic rings. The van der Waals surface area contributed by atoms with Crippen LogP contribution in [0.4, 0.5) is 0 Å². The minimum atomic E-state index is -0.541. The van der Waals surface area contributed by atoms with Crippen LogP contribution >= 0.6 is 0 Å². The van der Waals surface area contributed by atoms with Gasteiger partial charge in [0.25, 0.3) is 0 Å². The van der Waals surface area contributed by atoms with Gasteiger partial charge in [0.1, 0.15) is 6.10 Å². The second kappa shape index (κ2) is 2.71. The third kappa shape index (κ3) is 1.39. The fourth-order valence-corrected chi connectivity index (χ4v) is 1.28. The molecule has 4 nitrogen and oxygen atoms in total. The monoisotopic (exact) mass is 159 g/mol. The van der Waals surface area contributed by atoms with E-state index in [0.717, 1.165) is 13.0 Å². The van der Waals surface area contributed by atoms with Gasteiger partial charge >= 0.3 is 0 Å². The number of nitrogens with two attached hydrogens (primary N) is 1. The fraction of sp³-hybridized carbons (Fsp3) is 1.00. The van der Waals surface area contributed by atoms with Crippen molar-refractivity contribution in [2.45, 2.75) is 30.8 Å². The first-order valence-electron chi connectivity index (χ1n) is 3.96. The van der Waals surface area contributed by atoms with Crippen molar-refractivity contribution in [2.75, 3.05) is 13.2 Å². The molecule has 2 aliphatic heterocycles. The molecule has 0 saturated carbocycles. The standard InChI is InChI=1S/C7H13NO3/c8-6(4-1-2-10-4)7(9)5-3-11-5/h4-7,9H,1-3,8H2. The Morgan fingerprint density at radius 3 is 2.36 bits per heavy atom. The molecule has 2 saturated heterocycles. The van der Waals surface area contributed by atoms with Crippen LogP contribution in [-0.2, 0) is 9.47 Å². The van der Waals surface area contributed by atoms with Crippen molar-refractivity contribution in [3.63, 3.8) is 0 Å². The first-order chi connectivity index (χ1) is 5.29. The number of aliphatic hydroxyl groups excluding tert-OH is 1. The maximum Gasteiger partial charge on any atom is 0.108 e. The Labute approximate surface area is 65.3 Å². The van der Waals surface area contributed by atoms with E-state index in [2.05, 4.69) is 0 Å². The third-order valence-corrected chi connectivity index (χ3v) is 2.30. The van der Waals surface area contributed by atoms with Crippen molar-refractivity contribution < 1.29 is 14.6 Å². The van der Waals surface area contributed by atoms with E-state index in [0.29, 0.717) is 6.61 Å². The predicted molar refractivity (Wildman–Crippen MR) is 38.1 cm³/mol. The normalized spacial score (nSPS) is 40.9. The summed E-state index contributed by atoms with van der Waals surface area (Å²) in [5.74, 6) is 0. The van der Waals surface area contributed by atoms with Crippen molar-refractivity contribution in [1.29, 1.82) is 0 Å². The molecule has 2 rings (SSSR count). The van der Waals surface area contributed by atoms with E-state index < -0.39 is 6.10 Å². The molecule has 4 unspecified atom stereocenters. The number of hydrogen-bond acceptors (Lipinski definition) is 4. The molecule has 0 aromatic heterocycles.